The van der Waals surface area contributed by atoms with E-state index in [1.54, 1.807) is 22.9 Å². The minimum Gasteiger partial charge on any atom is -0.503 e. The summed E-state index contributed by atoms with van der Waals surface area (Å²) in [6, 6.07) is 11.1. The topological polar surface area (TPSA) is 90.6 Å². The van der Waals surface area contributed by atoms with Gasteiger partial charge < -0.3 is 10.4 Å². The molecule has 0 atom stereocenters. The number of nitrogens with one attached hydrogen (secondary N) is 1. The van der Waals surface area contributed by atoms with Crippen LogP contribution in [-0.4, -0.2) is 40.1 Å². The molecule has 0 radical (unpaired) electrons. The van der Waals surface area contributed by atoms with Crippen LogP contribution in [0.1, 0.15) is 31.9 Å². The monoisotopic (exact) mass is 440 g/mol. The predicted molar refractivity (Wildman–Crippen MR) is 119 cm³/mol. The number of pyridine rings is 1. The molecular formula is C23H26N3O4S+. The first kappa shape index (κ1) is 22.6. The molecule has 2 N–H and O–H groups in total. The van der Waals surface area contributed by atoms with Crippen molar-refractivity contribution < 1.29 is 24.1 Å². The van der Waals surface area contributed by atoms with Crippen molar-refractivity contribution in [3.8, 4) is 5.75 Å². The van der Waals surface area contributed by atoms with Crippen LogP contribution >= 0.6 is 11.8 Å². The lowest BCUT2D eigenvalue weighted by molar-refractivity contribution is -0.684. The van der Waals surface area contributed by atoms with Gasteiger partial charge in [-0.3, -0.25) is 19.3 Å². The molecule has 3 rings (SSSR count). The van der Waals surface area contributed by atoms with Gasteiger partial charge in [-0.25, -0.2) is 0 Å². The molecule has 1 aliphatic heterocycles. The minimum atomic E-state index is -0.355. The van der Waals surface area contributed by atoms with Crippen LogP contribution in [0.2, 0.25) is 0 Å². The van der Waals surface area contributed by atoms with E-state index in [9.17, 15) is 19.5 Å². The molecule has 2 aromatic rings. The van der Waals surface area contributed by atoms with Gasteiger partial charge in [0.05, 0.1) is 4.91 Å². The van der Waals surface area contributed by atoms with E-state index in [0.717, 1.165) is 22.2 Å². The lowest BCUT2D eigenvalue weighted by Crippen LogP contribution is -2.44. The molecule has 2 heterocycles. The molecule has 1 saturated heterocycles. The second-order valence-corrected chi connectivity index (χ2v) is 9.28. The number of benzene rings is 1. The van der Waals surface area contributed by atoms with E-state index >= 15 is 0 Å². The second kappa shape index (κ2) is 9.34. The summed E-state index contributed by atoms with van der Waals surface area (Å²) in [6.07, 6.45) is 4.82. The maximum Gasteiger partial charge on any atom is 0.293 e. The number of nitrogens with zero attached hydrogens (tertiary/aromatic N) is 2. The second-order valence-electron chi connectivity index (χ2n) is 8.29. The lowest BCUT2D eigenvalue weighted by atomic mass is 9.87. The van der Waals surface area contributed by atoms with Gasteiger partial charge >= 0.3 is 0 Å². The molecule has 0 saturated carbocycles. The van der Waals surface area contributed by atoms with Gasteiger partial charge in [-0.15, -0.1) is 0 Å². The van der Waals surface area contributed by atoms with Crippen LogP contribution in [0, 0.1) is 0 Å². The zero-order valence-electron chi connectivity index (χ0n) is 17.8. The normalized spacial score (nSPS) is 15.6. The molecule has 0 bridgehead atoms. The molecule has 1 aromatic carbocycles. The Morgan fingerprint density at radius 3 is 2.55 bits per heavy atom. The molecule has 162 valence electrons. The molecule has 1 fully saturated rings. The number of imide groups is 1. The zero-order valence-corrected chi connectivity index (χ0v) is 18.6. The highest BCUT2D eigenvalue weighted by molar-refractivity contribution is 8.18. The Labute approximate surface area is 185 Å². The zero-order chi connectivity index (χ0) is 22.6. The van der Waals surface area contributed by atoms with Crippen molar-refractivity contribution in [3.05, 3.63) is 64.8 Å². The summed E-state index contributed by atoms with van der Waals surface area (Å²) in [5.74, 6) is -0.573. The number of aromatic hydroxyl groups is 1. The average Bonchev–Trinajstić information content (AvgIpc) is 2.95. The molecule has 31 heavy (non-hydrogen) atoms. The summed E-state index contributed by atoms with van der Waals surface area (Å²) in [5, 5.41) is 11.8. The summed E-state index contributed by atoms with van der Waals surface area (Å²) < 4.78 is 1.54. The van der Waals surface area contributed by atoms with Crippen molar-refractivity contribution in [1.82, 2.24) is 10.2 Å². The van der Waals surface area contributed by atoms with Gasteiger partial charge in [0, 0.05) is 19.2 Å². The van der Waals surface area contributed by atoms with Crippen LogP contribution in [0.15, 0.2) is 53.7 Å². The number of hydrogen-bond acceptors (Lipinski definition) is 5. The predicted octanol–water partition coefficient (Wildman–Crippen LogP) is 2.83. The Kier molecular flexibility index (Phi) is 6.80. The van der Waals surface area contributed by atoms with Gasteiger partial charge in [0.1, 0.15) is 0 Å². The number of thioether (sulfide) groups is 1. The summed E-state index contributed by atoms with van der Waals surface area (Å²) in [7, 11) is 0. The van der Waals surface area contributed by atoms with Crippen LogP contribution in [0.25, 0.3) is 6.08 Å². The summed E-state index contributed by atoms with van der Waals surface area (Å²) in [5.41, 5.74) is 2.09. The van der Waals surface area contributed by atoms with Crippen LogP contribution in [0.3, 0.4) is 0 Å². The van der Waals surface area contributed by atoms with Gasteiger partial charge in [0.2, 0.25) is 12.7 Å². The van der Waals surface area contributed by atoms with Crippen LogP contribution in [0.5, 0.6) is 5.75 Å². The first-order valence-corrected chi connectivity index (χ1v) is 10.8. The van der Waals surface area contributed by atoms with E-state index in [4.69, 9.17) is 0 Å². The van der Waals surface area contributed by atoms with E-state index in [2.05, 4.69) is 26.1 Å². The number of carbonyl (C=O) groups excluding carboxylic acids is 3. The minimum absolute atomic E-state index is 0.0285. The molecule has 0 aliphatic carbocycles. The first-order chi connectivity index (χ1) is 14.6. The van der Waals surface area contributed by atoms with Crippen molar-refractivity contribution in [1.29, 1.82) is 0 Å². The van der Waals surface area contributed by atoms with Crippen LogP contribution < -0.4 is 9.88 Å². The number of carbonyl (C=O) groups is 3. The van der Waals surface area contributed by atoms with Crippen molar-refractivity contribution in [2.45, 2.75) is 32.7 Å². The fraction of sp³-hybridized carbons (Fsp3) is 0.304. The number of amides is 3. The molecule has 7 nitrogen and oxygen atoms in total. The number of rotatable bonds is 6. The molecule has 1 aliphatic rings. The lowest BCUT2D eigenvalue weighted by Gasteiger charge is -2.18. The molecule has 1 aromatic heterocycles. The maximum atomic E-state index is 12.6. The molecule has 3 amide bonds. The van der Waals surface area contributed by atoms with Crippen LogP contribution in [0.4, 0.5) is 4.79 Å². The van der Waals surface area contributed by atoms with E-state index in [1.807, 2.05) is 24.3 Å². The SMILES string of the molecule is CC(C)(C)c1ccc(/C=C2/SC(=O)N(CCNC(=O)C[n+]3cccc(O)c3)C2=O)cc1. The Balaban J connectivity index is 1.55. The fourth-order valence-corrected chi connectivity index (χ4v) is 3.92. The highest BCUT2D eigenvalue weighted by atomic mass is 32.2. The molecule has 8 heteroatoms. The van der Waals surface area contributed by atoms with Gasteiger partial charge in [-0.1, -0.05) is 45.0 Å². The average molecular weight is 441 g/mol. The van der Waals surface area contributed by atoms with Gasteiger partial charge in [-0.2, -0.15) is 4.57 Å². The third-order valence-electron chi connectivity index (χ3n) is 4.77. The van der Waals surface area contributed by atoms with Gasteiger partial charge in [0.25, 0.3) is 17.1 Å². The van der Waals surface area contributed by atoms with E-state index in [-0.39, 0.29) is 47.9 Å². The van der Waals surface area contributed by atoms with E-state index < -0.39 is 0 Å². The fourth-order valence-electron chi connectivity index (χ4n) is 3.06. The van der Waals surface area contributed by atoms with Gasteiger partial charge in [0.15, 0.2) is 11.9 Å². The highest BCUT2D eigenvalue weighted by Gasteiger charge is 2.34. The van der Waals surface area contributed by atoms with Crippen molar-refractivity contribution in [2.75, 3.05) is 13.1 Å². The third kappa shape index (κ3) is 5.95. The molecule has 0 unspecified atom stereocenters. The summed E-state index contributed by atoms with van der Waals surface area (Å²) in [6.45, 7) is 6.68. The van der Waals surface area contributed by atoms with E-state index in [0.29, 0.717) is 4.91 Å². The Hall–Kier alpha value is -3.13. The molecule has 0 spiro atoms. The quantitative estimate of drug-likeness (QED) is 0.533. The largest absolute Gasteiger partial charge is 0.503 e. The summed E-state index contributed by atoms with van der Waals surface area (Å²) >= 11 is 0.903. The third-order valence-corrected chi connectivity index (χ3v) is 5.68. The number of aromatic nitrogens is 1. The Morgan fingerprint density at radius 2 is 1.90 bits per heavy atom. The summed E-state index contributed by atoms with van der Waals surface area (Å²) in [4.78, 5) is 38.4. The Morgan fingerprint density at radius 1 is 1.19 bits per heavy atom. The van der Waals surface area contributed by atoms with Crippen molar-refractivity contribution in [2.24, 2.45) is 0 Å². The Bertz CT molecular complexity index is 1030. The first-order valence-electron chi connectivity index (χ1n) is 9.94. The molecular weight excluding hydrogens is 414 g/mol. The van der Waals surface area contributed by atoms with Crippen molar-refractivity contribution in [3.63, 3.8) is 0 Å². The van der Waals surface area contributed by atoms with Gasteiger partial charge in [-0.05, 0) is 40.4 Å². The van der Waals surface area contributed by atoms with Crippen LogP contribution in [-0.2, 0) is 21.5 Å². The number of hydrogen-bond donors (Lipinski definition) is 2. The van der Waals surface area contributed by atoms with Crippen molar-refractivity contribution >= 4 is 34.9 Å². The highest BCUT2D eigenvalue weighted by Crippen LogP contribution is 2.32. The maximum absolute atomic E-state index is 12.6. The van der Waals surface area contributed by atoms with E-state index in [1.165, 1.54) is 17.8 Å². The smallest absolute Gasteiger partial charge is 0.293 e. The standard InChI is InChI=1S/C23H25N3O4S/c1-23(2,3)17-8-6-16(7-9-17)13-19-21(29)26(22(30)31-19)12-10-24-20(28)15-25-11-4-5-18(27)14-25/h4-9,11,13-14H,10,12,15H2,1-3H3,(H-,24,27,28)/p+1/b19-13+.